The molecule has 0 bridgehead atoms. The molecule has 1 aromatic carbocycles. The van der Waals surface area contributed by atoms with Gasteiger partial charge in [0.1, 0.15) is 5.69 Å². The molecule has 0 saturated carbocycles. The number of hydrogen-bond acceptors (Lipinski definition) is 4. The van der Waals surface area contributed by atoms with E-state index >= 15 is 0 Å². The lowest BCUT2D eigenvalue weighted by Crippen LogP contribution is -2.51. The van der Waals surface area contributed by atoms with Crippen molar-refractivity contribution in [2.75, 3.05) is 45.9 Å². The predicted molar refractivity (Wildman–Crippen MR) is 97.8 cm³/mol. The molecule has 1 aliphatic heterocycles. The molecule has 0 spiro atoms. The number of aryl methyl sites for hydroxylation is 1. The Labute approximate surface area is 148 Å². The number of β-amino-alcohol motifs (C(OH)–C–C–N with tert-alkyl or cyclic N) is 1. The van der Waals surface area contributed by atoms with Crippen molar-refractivity contribution in [2.24, 2.45) is 7.05 Å². The van der Waals surface area contributed by atoms with Gasteiger partial charge in [-0.1, -0.05) is 18.2 Å². The molecule has 25 heavy (non-hydrogen) atoms. The zero-order chi connectivity index (χ0) is 17.8. The maximum atomic E-state index is 12.9. The van der Waals surface area contributed by atoms with Crippen molar-refractivity contribution in [1.29, 1.82) is 0 Å². The molecule has 1 amide bonds. The molecule has 6 nitrogen and oxygen atoms in total. The van der Waals surface area contributed by atoms with Crippen molar-refractivity contribution in [1.82, 2.24) is 14.4 Å². The van der Waals surface area contributed by atoms with E-state index in [2.05, 4.69) is 4.90 Å². The molecule has 1 aromatic heterocycles. The number of aromatic nitrogens is 1. The molecule has 1 atom stereocenters. The lowest BCUT2D eigenvalue weighted by molar-refractivity contribution is 0.0110. The van der Waals surface area contributed by atoms with Gasteiger partial charge in [0, 0.05) is 57.3 Å². The second-order valence-corrected chi connectivity index (χ2v) is 6.55. The van der Waals surface area contributed by atoms with E-state index in [1.807, 2.05) is 53.8 Å². The van der Waals surface area contributed by atoms with Crippen LogP contribution in [0.4, 0.5) is 0 Å². The summed E-state index contributed by atoms with van der Waals surface area (Å²) in [6.45, 7) is 6.41. The number of aliphatic hydroxyl groups is 1. The third-order valence-electron chi connectivity index (χ3n) is 4.81. The molecule has 0 aliphatic carbocycles. The Bertz CT molecular complexity index is 720. The van der Waals surface area contributed by atoms with Crippen LogP contribution >= 0.6 is 0 Å². The Morgan fingerprint density at radius 1 is 1.24 bits per heavy atom. The van der Waals surface area contributed by atoms with Crippen LogP contribution in [0.2, 0.25) is 0 Å². The molecule has 6 heteroatoms. The molecule has 1 N–H and O–H groups in total. The molecule has 2 heterocycles. The maximum absolute atomic E-state index is 12.9. The second-order valence-electron chi connectivity index (χ2n) is 6.55. The standard InChI is InChI=1S/C19H27N3O3/c1-3-25-14-16(23)13-21-8-10-22(11-9-21)19(24)18-12-15-6-4-5-7-17(15)20(18)2/h4-7,12,16,23H,3,8-11,13-14H2,1-2H3/t16-/m0/s1. The quantitative estimate of drug-likeness (QED) is 0.858. The number of rotatable bonds is 6. The number of carbonyl (C=O) groups is 1. The third kappa shape index (κ3) is 4.03. The van der Waals surface area contributed by atoms with E-state index in [-0.39, 0.29) is 5.91 Å². The van der Waals surface area contributed by atoms with Gasteiger partial charge in [-0.15, -0.1) is 0 Å². The van der Waals surface area contributed by atoms with E-state index in [4.69, 9.17) is 4.74 Å². The average molecular weight is 345 g/mol. The number of benzene rings is 1. The number of nitrogens with zero attached hydrogens (tertiary/aromatic N) is 3. The summed E-state index contributed by atoms with van der Waals surface area (Å²) in [5.74, 6) is 0.0771. The van der Waals surface area contributed by atoms with Crippen LogP contribution in [0.1, 0.15) is 17.4 Å². The number of piperazine rings is 1. The van der Waals surface area contributed by atoms with Crippen LogP contribution in [0.15, 0.2) is 30.3 Å². The summed E-state index contributed by atoms with van der Waals surface area (Å²) in [6, 6.07) is 10.0. The topological polar surface area (TPSA) is 57.9 Å². The van der Waals surface area contributed by atoms with Crippen LogP contribution in [-0.4, -0.2) is 77.4 Å². The summed E-state index contributed by atoms with van der Waals surface area (Å²) in [6.07, 6.45) is -0.472. The van der Waals surface area contributed by atoms with Gasteiger partial charge in [-0.2, -0.15) is 0 Å². The minimum atomic E-state index is -0.472. The van der Waals surface area contributed by atoms with E-state index in [9.17, 15) is 9.90 Å². The van der Waals surface area contributed by atoms with Crippen LogP contribution in [0.3, 0.4) is 0 Å². The summed E-state index contributed by atoms with van der Waals surface area (Å²) >= 11 is 0. The molecule has 1 aliphatic rings. The minimum absolute atomic E-state index is 0.0771. The van der Waals surface area contributed by atoms with Gasteiger partial charge < -0.3 is 19.3 Å². The third-order valence-corrected chi connectivity index (χ3v) is 4.81. The Morgan fingerprint density at radius 3 is 2.64 bits per heavy atom. The van der Waals surface area contributed by atoms with Gasteiger partial charge in [0.15, 0.2) is 0 Å². The van der Waals surface area contributed by atoms with Gasteiger partial charge in [0.05, 0.1) is 12.7 Å². The highest BCUT2D eigenvalue weighted by atomic mass is 16.5. The molecular weight excluding hydrogens is 318 g/mol. The van der Waals surface area contributed by atoms with Crippen LogP contribution in [0.25, 0.3) is 10.9 Å². The molecule has 0 unspecified atom stereocenters. The Kier molecular flexibility index (Phi) is 5.73. The van der Waals surface area contributed by atoms with Gasteiger partial charge in [-0.05, 0) is 19.1 Å². The van der Waals surface area contributed by atoms with Crippen molar-refractivity contribution in [3.63, 3.8) is 0 Å². The van der Waals surface area contributed by atoms with E-state index in [1.165, 1.54) is 0 Å². The number of ether oxygens (including phenoxy) is 1. The number of hydrogen-bond donors (Lipinski definition) is 1. The number of amides is 1. The van der Waals surface area contributed by atoms with E-state index in [1.54, 1.807) is 0 Å². The van der Waals surface area contributed by atoms with Crippen LogP contribution < -0.4 is 0 Å². The second kappa shape index (κ2) is 7.99. The predicted octanol–water partition coefficient (Wildman–Crippen LogP) is 1.33. The van der Waals surface area contributed by atoms with Crippen LogP contribution in [0, 0.1) is 0 Å². The summed E-state index contributed by atoms with van der Waals surface area (Å²) in [5.41, 5.74) is 1.80. The Morgan fingerprint density at radius 2 is 1.96 bits per heavy atom. The number of carbonyl (C=O) groups excluding carboxylic acids is 1. The SMILES string of the molecule is CCOC[C@@H](O)CN1CCN(C(=O)c2cc3ccccc3n2C)CC1. The normalized spacial score (nSPS) is 17.2. The fourth-order valence-corrected chi connectivity index (χ4v) is 3.39. The van der Waals surface area contributed by atoms with Crippen molar-refractivity contribution >= 4 is 16.8 Å². The summed E-state index contributed by atoms with van der Waals surface area (Å²) < 4.78 is 7.22. The molecule has 3 rings (SSSR count). The molecule has 1 saturated heterocycles. The number of para-hydroxylation sites is 1. The smallest absolute Gasteiger partial charge is 0.270 e. The average Bonchev–Trinajstić information content (AvgIpc) is 2.97. The van der Waals surface area contributed by atoms with Gasteiger partial charge in [-0.3, -0.25) is 9.69 Å². The van der Waals surface area contributed by atoms with Crippen LogP contribution in [-0.2, 0) is 11.8 Å². The highest BCUT2D eigenvalue weighted by Crippen LogP contribution is 2.20. The number of fused-ring (bicyclic) bond motifs is 1. The van der Waals surface area contributed by atoms with Crippen molar-refractivity contribution in [3.8, 4) is 0 Å². The van der Waals surface area contributed by atoms with Crippen molar-refractivity contribution in [2.45, 2.75) is 13.0 Å². The maximum Gasteiger partial charge on any atom is 0.270 e. The number of aliphatic hydroxyl groups excluding tert-OH is 1. The largest absolute Gasteiger partial charge is 0.389 e. The first-order valence-corrected chi connectivity index (χ1v) is 8.92. The van der Waals surface area contributed by atoms with Crippen LogP contribution in [0.5, 0.6) is 0 Å². The molecule has 136 valence electrons. The molecular formula is C19H27N3O3. The zero-order valence-electron chi connectivity index (χ0n) is 15.0. The first-order chi connectivity index (χ1) is 12.1. The molecule has 1 fully saturated rings. The fourth-order valence-electron chi connectivity index (χ4n) is 3.39. The van der Waals surface area contributed by atoms with Gasteiger partial charge in [0.2, 0.25) is 0 Å². The van der Waals surface area contributed by atoms with Gasteiger partial charge >= 0.3 is 0 Å². The minimum Gasteiger partial charge on any atom is -0.389 e. The van der Waals surface area contributed by atoms with Crippen molar-refractivity contribution in [3.05, 3.63) is 36.0 Å². The monoisotopic (exact) mass is 345 g/mol. The molecule has 2 aromatic rings. The van der Waals surface area contributed by atoms with Crippen molar-refractivity contribution < 1.29 is 14.6 Å². The summed E-state index contributed by atoms with van der Waals surface area (Å²) in [4.78, 5) is 17.0. The first-order valence-electron chi connectivity index (χ1n) is 8.92. The van der Waals surface area contributed by atoms with E-state index in [0.29, 0.717) is 32.8 Å². The lowest BCUT2D eigenvalue weighted by atomic mass is 10.2. The summed E-state index contributed by atoms with van der Waals surface area (Å²) in [7, 11) is 1.94. The van der Waals surface area contributed by atoms with E-state index in [0.717, 1.165) is 29.7 Å². The Balaban J connectivity index is 1.59. The zero-order valence-corrected chi connectivity index (χ0v) is 15.0. The van der Waals surface area contributed by atoms with Gasteiger partial charge in [0.25, 0.3) is 5.91 Å². The highest BCUT2D eigenvalue weighted by molar-refractivity contribution is 5.98. The highest BCUT2D eigenvalue weighted by Gasteiger charge is 2.25. The van der Waals surface area contributed by atoms with Gasteiger partial charge in [-0.25, -0.2) is 0 Å². The fraction of sp³-hybridized carbons (Fsp3) is 0.526. The lowest BCUT2D eigenvalue weighted by Gasteiger charge is -2.35. The van der Waals surface area contributed by atoms with E-state index < -0.39 is 6.10 Å². The molecule has 0 radical (unpaired) electrons. The summed E-state index contributed by atoms with van der Waals surface area (Å²) in [5, 5.41) is 11.0. The Hall–Kier alpha value is -1.89. The first kappa shape index (κ1) is 17.9.